The predicted molar refractivity (Wildman–Crippen MR) is 106 cm³/mol. The third-order valence-corrected chi connectivity index (χ3v) is 11.3. The zero-order chi connectivity index (χ0) is 19.2. The van der Waals surface area contributed by atoms with Crippen LogP contribution in [0.2, 0.25) is 18.1 Å². The van der Waals surface area contributed by atoms with Gasteiger partial charge in [0.05, 0.1) is 23.7 Å². The summed E-state index contributed by atoms with van der Waals surface area (Å²) in [5, 5.41) is 9.53. The van der Waals surface area contributed by atoms with Gasteiger partial charge in [-0.2, -0.15) is 5.26 Å². The van der Waals surface area contributed by atoms with E-state index in [1.165, 1.54) is 0 Å². The predicted octanol–water partition coefficient (Wildman–Crippen LogP) is 4.00. The van der Waals surface area contributed by atoms with E-state index in [2.05, 4.69) is 46.0 Å². The molecule has 1 aromatic rings. The topological polar surface area (TPSA) is 53.3 Å². The normalized spacial score (nSPS) is 22.8. The minimum absolute atomic E-state index is 0.182. The molecule has 1 saturated heterocycles. The number of carbonyl (C=O) groups is 1. The first-order valence-corrected chi connectivity index (χ1v) is 12.5. The van der Waals surface area contributed by atoms with Crippen molar-refractivity contribution in [2.75, 3.05) is 19.7 Å². The average Bonchev–Trinajstić information content (AvgIpc) is 3.10. The van der Waals surface area contributed by atoms with Gasteiger partial charge < -0.3 is 9.33 Å². The Hall–Kier alpha value is -1.64. The van der Waals surface area contributed by atoms with Crippen molar-refractivity contribution in [2.45, 2.75) is 63.6 Å². The third-order valence-electron chi connectivity index (χ3n) is 6.75. The van der Waals surface area contributed by atoms with Gasteiger partial charge >= 0.3 is 0 Å². The highest BCUT2D eigenvalue weighted by molar-refractivity contribution is 6.74. The number of hydrogen-bond acceptors (Lipinski definition) is 3. The van der Waals surface area contributed by atoms with Crippen molar-refractivity contribution in [3.8, 4) is 6.07 Å². The molecule has 1 aromatic carbocycles. The Kier molecular flexibility index (Phi) is 4.79. The lowest BCUT2D eigenvalue weighted by atomic mass is 9.80. The minimum Gasteiger partial charge on any atom is -0.415 e. The van der Waals surface area contributed by atoms with E-state index in [0.717, 1.165) is 42.5 Å². The first-order valence-electron chi connectivity index (χ1n) is 9.58. The fraction of sp³-hybridized carbons (Fsp3) is 0.619. The van der Waals surface area contributed by atoms with Gasteiger partial charge in [-0.25, -0.2) is 0 Å². The van der Waals surface area contributed by atoms with Crippen LogP contribution in [-0.4, -0.2) is 38.8 Å². The van der Waals surface area contributed by atoms with Crippen LogP contribution in [0.3, 0.4) is 0 Å². The molecule has 0 radical (unpaired) electrons. The summed E-state index contributed by atoms with van der Waals surface area (Å²) in [6.07, 6.45) is 2.52. The van der Waals surface area contributed by atoms with Crippen molar-refractivity contribution < 1.29 is 9.22 Å². The first-order chi connectivity index (χ1) is 12.1. The lowest BCUT2D eigenvalue weighted by molar-refractivity contribution is -0.132. The monoisotopic (exact) mass is 370 g/mol. The second kappa shape index (κ2) is 6.51. The molecule has 4 nitrogen and oxygen atoms in total. The second-order valence-corrected chi connectivity index (χ2v) is 14.0. The van der Waals surface area contributed by atoms with E-state index in [1.807, 2.05) is 17.0 Å². The number of carbonyl (C=O) groups excluding carboxylic acids is 1. The molecule has 1 aliphatic heterocycles. The Balaban J connectivity index is 1.70. The first kappa shape index (κ1) is 19.1. The lowest BCUT2D eigenvalue weighted by Gasteiger charge is -2.36. The number of fused-ring (bicyclic) bond motifs is 2. The van der Waals surface area contributed by atoms with E-state index in [1.54, 1.807) is 0 Å². The van der Waals surface area contributed by atoms with Crippen molar-refractivity contribution in [3.05, 3.63) is 34.9 Å². The molecule has 5 heteroatoms. The van der Waals surface area contributed by atoms with Crippen molar-refractivity contribution in [2.24, 2.45) is 0 Å². The standard InChI is InChI=1S/C21H30N2O2Si/c1-20(2,3)26(4,5)25-14-13-23-12-11-21(19(23)24)10-9-17-16(15-22)7-6-8-18(17)21/h6-8H,9-14H2,1-5H3. The highest BCUT2D eigenvalue weighted by atomic mass is 28.4. The molecule has 1 aliphatic carbocycles. The van der Waals surface area contributed by atoms with Crippen LogP contribution in [0.5, 0.6) is 0 Å². The van der Waals surface area contributed by atoms with E-state index < -0.39 is 13.7 Å². The molecule has 1 unspecified atom stereocenters. The van der Waals surface area contributed by atoms with Gasteiger partial charge in [0.2, 0.25) is 5.91 Å². The van der Waals surface area contributed by atoms with Crippen LogP contribution < -0.4 is 0 Å². The number of benzene rings is 1. The molecular formula is C21H30N2O2Si. The van der Waals surface area contributed by atoms with Crippen LogP contribution in [0.25, 0.3) is 0 Å². The van der Waals surface area contributed by atoms with E-state index in [0.29, 0.717) is 13.2 Å². The smallest absolute Gasteiger partial charge is 0.233 e. The van der Waals surface area contributed by atoms with Crippen molar-refractivity contribution in [1.29, 1.82) is 5.26 Å². The van der Waals surface area contributed by atoms with Gasteiger partial charge in [-0.15, -0.1) is 0 Å². The summed E-state index contributed by atoms with van der Waals surface area (Å²) in [7, 11) is -1.78. The van der Waals surface area contributed by atoms with Crippen molar-refractivity contribution in [3.63, 3.8) is 0 Å². The maximum absolute atomic E-state index is 13.2. The number of nitrogens with zero attached hydrogens (tertiary/aromatic N) is 2. The summed E-state index contributed by atoms with van der Waals surface area (Å²) in [4.78, 5) is 15.2. The summed E-state index contributed by atoms with van der Waals surface area (Å²) in [6.45, 7) is 13.3. The van der Waals surface area contributed by atoms with Crippen molar-refractivity contribution >= 4 is 14.2 Å². The number of nitriles is 1. The Morgan fingerprint density at radius 2 is 2.04 bits per heavy atom. The van der Waals surface area contributed by atoms with Gasteiger partial charge in [-0.3, -0.25) is 4.79 Å². The number of likely N-dealkylation sites (tertiary alicyclic amines) is 1. The molecule has 2 aliphatic rings. The SMILES string of the molecule is CC(C)(C)[Si](C)(C)OCCN1CCC2(CCc3c(C#N)cccc32)C1=O. The average molecular weight is 371 g/mol. The second-order valence-electron chi connectivity index (χ2n) is 9.18. The summed E-state index contributed by atoms with van der Waals surface area (Å²) in [5.41, 5.74) is 2.50. The van der Waals surface area contributed by atoms with Crippen molar-refractivity contribution in [1.82, 2.24) is 4.90 Å². The Morgan fingerprint density at radius 3 is 2.69 bits per heavy atom. The number of amides is 1. The Labute approximate surface area is 158 Å². The van der Waals surface area contributed by atoms with Gasteiger partial charge in [0.15, 0.2) is 8.32 Å². The molecule has 140 valence electrons. The molecule has 0 bridgehead atoms. The maximum Gasteiger partial charge on any atom is 0.233 e. The number of rotatable bonds is 4. The molecule has 1 fully saturated rings. The van der Waals surface area contributed by atoms with E-state index in [-0.39, 0.29) is 10.9 Å². The summed E-state index contributed by atoms with van der Waals surface area (Å²) in [6, 6.07) is 8.12. The van der Waals surface area contributed by atoms with Crippen LogP contribution in [0, 0.1) is 11.3 Å². The van der Waals surface area contributed by atoms with Crippen LogP contribution in [-0.2, 0) is 21.1 Å². The highest BCUT2D eigenvalue weighted by Crippen LogP contribution is 2.47. The zero-order valence-corrected chi connectivity index (χ0v) is 17.7. The number of hydrogen-bond donors (Lipinski definition) is 0. The molecule has 1 spiro atoms. The van der Waals surface area contributed by atoms with E-state index in [4.69, 9.17) is 4.43 Å². The summed E-state index contributed by atoms with van der Waals surface area (Å²) in [5.74, 6) is 0.227. The van der Waals surface area contributed by atoms with Crippen LogP contribution in [0.4, 0.5) is 0 Å². The summed E-state index contributed by atoms with van der Waals surface area (Å²) < 4.78 is 6.26. The van der Waals surface area contributed by atoms with Gasteiger partial charge in [0, 0.05) is 13.1 Å². The molecule has 1 amide bonds. The lowest BCUT2D eigenvalue weighted by Crippen LogP contribution is -2.44. The van der Waals surface area contributed by atoms with Gasteiger partial charge in [-0.05, 0) is 54.6 Å². The Bertz CT molecular complexity index is 760. The van der Waals surface area contributed by atoms with E-state index >= 15 is 0 Å². The van der Waals surface area contributed by atoms with Crippen LogP contribution >= 0.6 is 0 Å². The fourth-order valence-corrected chi connectivity index (χ4v) is 5.08. The fourth-order valence-electron chi connectivity index (χ4n) is 4.04. The molecular weight excluding hydrogens is 340 g/mol. The largest absolute Gasteiger partial charge is 0.415 e. The van der Waals surface area contributed by atoms with Crippen LogP contribution in [0.1, 0.15) is 50.3 Å². The van der Waals surface area contributed by atoms with Crippen LogP contribution in [0.15, 0.2) is 18.2 Å². The minimum atomic E-state index is -1.78. The quantitative estimate of drug-likeness (QED) is 0.753. The van der Waals surface area contributed by atoms with E-state index in [9.17, 15) is 10.1 Å². The Morgan fingerprint density at radius 1 is 1.31 bits per heavy atom. The van der Waals surface area contributed by atoms with Gasteiger partial charge in [0.25, 0.3) is 0 Å². The zero-order valence-electron chi connectivity index (χ0n) is 16.7. The third kappa shape index (κ3) is 2.99. The van der Waals surface area contributed by atoms with Gasteiger partial charge in [0.1, 0.15) is 0 Å². The molecule has 26 heavy (non-hydrogen) atoms. The summed E-state index contributed by atoms with van der Waals surface area (Å²) >= 11 is 0. The molecule has 0 saturated carbocycles. The van der Waals surface area contributed by atoms with Gasteiger partial charge in [-0.1, -0.05) is 32.9 Å². The molecule has 0 N–H and O–H groups in total. The molecule has 1 heterocycles. The maximum atomic E-state index is 13.2. The molecule has 3 rings (SSSR count). The molecule has 0 aromatic heterocycles. The highest BCUT2D eigenvalue weighted by Gasteiger charge is 2.51. The molecule has 1 atom stereocenters.